The molecule has 1 aromatic carbocycles. The van der Waals surface area contributed by atoms with Gasteiger partial charge >= 0.3 is 0 Å². The smallest absolute Gasteiger partial charge is 0.228 e. The first kappa shape index (κ1) is 11.4. The van der Waals surface area contributed by atoms with Gasteiger partial charge in [-0.15, -0.1) is 0 Å². The molecule has 2 rings (SSSR count). The van der Waals surface area contributed by atoms with Crippen LogP contribution in [0.5, 0.6) is 0 Å². The van der Waals surface area contributed by atoms with Gasteiger partial charge in [0.05, 0.1) is 5.69 Å². The number of aromatic amines is 1. The Labute approximate surface area is 98.8 Å². The number of nitrogens with one attached hydrogen (secondary N) is 1. The van der Waals surface area contributed by atoms with Crippen molar-refractivity contribution in [3.8, 4) is 0 Å². The molecule has 3 N–H and O–H groups in total. The number of rotatable bonds is 4. The van der Waals surface area contributed by atoms with E-state index >= 15 is 0 Å². The molecule has 0 fully saturated rings. The van der Waals surface area contributed by atoms with E-state index in [1.54, 1.807) is 13.0 Å². The van der Waals surface area contributed by atoms with Crippen molar-refractivity contribution in [2.75, 3.05) is 0 Å². The average Bonchev–Trinajstić information content (AvgIpc) is 2.72. The fourth-order valence-corrected chi connectivity index (χ4v) is 1.91. The topological polar surface area (TPSA) is 76.0 Å². The highest BCUT2D eigenvalue weighted by molar-refractivity contribution is 6.10. The van der Waals surface area contributed by atoms with Crippen LogP contribution in [0.1, 0.15) is 23.8 Å². The van der Waals surface area contributed by atoms with Crippen molar-refractivity contribution in [3.05, 3.63) is 36.0 Å². The van der Waals surface area contributed by atoms with Gasteiger partial charge in [-0.25, -0.2) is 0 Å². The molecule has 2 aromatic rings. The molecule has 88 valence electrons. The lowest BCUT2D eigenvalue weighted by atomic mass is 9.98. The van der Waals surface area contributed by atoms with Crippen LogP contribution in [0.3, 0.4) is 0 Å². The molecule has 0 radical (unpaired) electrons. The minimum atomic E-state index is -0.747. The Morgan fingerprint density at radius 3 is 2.65 bits per heavy atom. The van der Waals surface area contributed by atoms with E-state index in [9.17, 15) is 9.59 Å². The maximum absolute atomic E-state index is 12.1. The highest BCUT2D eigenvalue weighted by atomic mass is 16.2. The van der Waals surface area contributed by atoms with Gasteiger partial charge in [-0.2, -0.15) is 0 Å². The number of amides is 1. The Morgan fingerprint density at radius 2 is 2.06 bits per heavy atom. The molecule has 1 heterocycles. The molecule has 0 bridgehead atoms. The van der Waals surface area contributed by atoms with Crippen LogP contribution in [-0.2, 0) is 4.79 Å². The third-order valence-corrected chi connectivity index (χ3v) is 2.86. The molecule has 1 unspecified atom stereocenters. The van der Waals surface area contributed by atoms with E-state index in [1.807, 2.05) is 24.3 Å². The Bertz CT molecular complexity index is 539. The number of hydrogen-bond donors (Lipinski definition) is 2. The van der Waals surface area contributed by atoms with Gasteiger partial charge in [0, 0.05) is 10.9 Å². The lowest BCUT2D eigenvalue weighted by Gasteiger charge is -2.07. The molecule has 17 heavy (non-hydrogen) atoms. The Balaban J connectivity index is 2.39. The number of fused-ring (bicyclic) bond motifs is 1. The summed E-state index contributed by atoms with van der Waals surface area (Å²) in [6.45, 7) is 1.77. The number of primary amides is 1. The molecule has 0 aliphatic heterocycles. The lowest BCUT2D eigenvalue weighted by molar-refractivity contribution is -0.120. The van der Waals surface area contributed by atoms with Gasteiger partial charge in [0.25, 0.3) is 0 Å². The van der Waals surface area contributed by atoms with Crippen molar-refractivity contribution in [2.24, 2.45) is 11.7 Å². The lowest BCUT2D eigenvalue weighted by Crippen LogP contribution is -2.30. The third kappa shape index (κ3) is 2.06. The van der Waals surface area contributed by atoms with Gasteiger partial charge in [-0.1, -0.05) is 25.1 Å². The molecule has 1 amide bonds. The third-order valence-electron chi connectivity index (χ3n) is 2.86. The highest BCUT2D eigenvalue weighted by Crippen LogP contribution is 2.18. The van der Waals surface area contributed by atoms with Crippen LogP contribution in [-0.4, -0.2) is 16.7 Å². The van der Waals surface area contributed by atoms with Gasteiger partial charge in [0.1, 0.15) is 5.92 Å². The number of H-pyrrole nitrogens is 1. The van der Waals surface area contributed by atoms with Crippen LogP contribution in [0.25, 0.3) is 10.9 Å². The normalized spacial score (nSPS) is 12.5. The summed E-state index contributed by atoms with van der Waals surface area (Å²) in [6, 6.07) is 9.34. The van der Waals surface area contributed by atoms with E-state index in [1.165, 1.54) is 0 Å². The summed E-state index contributed by atoms with van der Waals surface area (Å²) in [5.74, 6) is -1.56. The molecule has 4 heteroatoms. The second-order valence-corrected chi connectivity index (χ2v) is 4.00. The summed E-state index contributed by atoms with van der Waals surface area (Å²) < 4.78 is 0. The fourth-order valence-electron chi connectivity index (χ4n) is 1.91. The zero-order valence-electron chi connectivity index (χ0n) is 9.57. The molecule has 4 nitrogen and oxygen atoms in total. The van der Waals surface area contributed by atoms with Gasteiger partial charge in [-0.05, 0) is 18.6 Å². The summed E-state index contributed by atoms with van der Waals surface area (Å²) in [5.41, 5.74) is 6.53. The second kappa shape index (κ2) is 4.41. The molecule has 0 spiro atoms. The largest absolute Gasteiger partial charge is 0.369 e. The number of aromatic nitrogens is 1. The van der Waals surface area contributed by atoms with Gasteiger partial charge in [-0.3, -0.25) is 9.59 Å². The van der Waals surface area contributed by atoms with E-state index < -0.39 is 11.8 Å². The minimum Gasteiger partial charge on any atom is -0.369 e. The first-order valence-corrected chi connectivity index (χ1v) is 5.54. The summed E-state index contributed by atoms with van der Waals surface area (Å²) in [7, 11) is 0. The minimum absolute atomic E-state index is 0.240. The standard InChI is InChI=1S/C13H14N2O2/c1-2-9(13(14)17)12(16)11-7-8-5-3-4-6-10(8)15-11/h3-7,9,15H,2H2,1H3,(H2,14,17). The van der Waals surface area contributed by atoms with Crippen LogP contribution >= 0.6 is 0 Å². The Morgan fingerprint density at radius 1 is 1.35 bits per heavy atom. The fraction of sp³-hybridized carbons (Fsp3) is 0.231. The summed E-state index contributed by atoms with van der Waals surface area (Å²) in [6.07, 6.45) is 0.420. The predicted octanol–water partition coefficient (Wildman–Crippen LogP) is 1.86. The summed E-state index contributed by atoms with van der Waals surface area (Å²) >= 11 is 0. The molecule has 0 aliphatic rings. The molecular weight excluding hydrogens is 216 g/mol. The van der Waals surface area contributed by atoms with Crippen LogP contribution in [0.15, 0.2) is 30.3 Å². The number of para-hydroxylation sites is 1. The number of ketones is 1. The molecule has 0 aliphatic carbocycles. The predicted molar refractivity (Wildman–Crippen MR) is 65.6 cm³/mol. The van der Waals surface area contributed by atoms with Crippen LogP contribution in [0, 0.1) is 5.92 Å². The molecular formula is C13H14N2O2. The Hall–Kier alpha value is -2.10. The van der Waals surface area contributed by atoms with Crippen molar-refractivity contribution in [1.29, 1.82) is 0 Å². The highest BCUT2D eigenvalue weighted by Gasteiger charge is 2.24. The summed E-state index contributed by atoms with van der Waals surface area (Å²) in [5, 5.41) is 0.954. The number of nitrogens with two attached hydrogens (primary N) is 1. The van der Waals surface area contributed by atoms with E-state index in [4.69, 9.17) is 5.73 Å². The first-order chi connectivity index (χ1) is 8.13. The van der Waals surface area contributed by atoms with E-state index in [-0.39, 0.29) is 5.78 Å². The number of benzene rings is 1. The maximum Gasteiger partial charge on any atom is 0.228 e. The van der Waals surface area contributed by atoms with Crippen molar-refractivity contribution in [3.63, 3.8) is 0 Å². The quantitative estimate of drug-likeness (QED) is 0.621. The van der Waals surface area contributed by atoms with Crippen molar-refractivity contribution in [2.45, 2.75) is 13.3 Å². The van der Waals surface area contributed by atoms with Crippen LogP contribution in [0.4, 0.5) is 0 Å². The second-order valence-electron chi connectivity index (χ2n) is 4.00. The van der Waals surface area contributed by atoms with Gasteiger partial charge in [0.15, 0.2) is 5.78 Å². The van der Waals surface area contributed by atoms with Crippen molar-refractivity contribution < 1.29 is 9.59 Å². The zero-order valence-corrected chi connectivity index (χ0v) is 9.57. The monoisotopic (exact) mass is 230 g/mol. The van der Waals surface area contributed by atoms with Crippen molar-refractivity contribution >= 4 is 22.6 Å². The van der Waals surface area contributed by atoms with Crippen LogP contribution < -0.4 is 5.73 Å². The van der Waals surface area contributed by atoms with Crippen LogP contribution in [0.2, 0.25) is 0 Å². The van der Waals surface area contributed by atoms with Gasteiger partial charge < -0.3 is 10.7 Å². The van der Waals surface area contributed by atoms with Crippen molar-refractivity contribution in [1.82, 2.24) is 4.98 Å². The average molecular weight is 230 g/mol. The van der Waals surface area contributed by atoms with Gasteiger partial charge in [0.2, 0.25) is 5.91 Å². The molecule has 1 atom stereocenters. The van der Waals surface area contributed by atoms with E-state index in [0.29, 0.717) is 12.1 Å². The number of carbonyl (C=O) groups excluding carboxylic acids is 2. The first-order valence-electron chi connectivity index (χ1n) is 5.54. The maximum atomic E-state index is 12.1. The summed E-state index contributed by atoms with van der Waals surface area (Å²) in [4.78, 5) is 26.2. The Kier molecular flexibility index (Phi) is 2.95. The van der Waals surface area contributed by atoms with E-state index in [2.05, 4.69) is 4.98 Å². The number of carbonyl (C=O) groups is 2. The number of Topliss-reactive ketones (excluding diaryl/α,β-unsaturated/α-hetero) is 1. The SMILES string of the molecule is CCC(C(N)=O)C(=O)c1cc2ccccc2[nH]1. The molecule has 0 saturated carbocycles. The zero-order chi connectivity index (χ0) is 12.4. The molecule has 0 saturated heterocycles. The molecule has 1 aromatic heterocycles. The number of hydrogen-bond acceptors (Lipinski definition) is 2. The van der Waals surface area contributed by atoms with E-state index in [0.717, 1.165) is 10.9 Å².